The average molecular weight is 440 g/mol. The number of sulfonamides is 1. The van der Waals surface area contributed by atoms with Crippen molar-refractivity contribution < 1.29 is 13.2 Å². The maximum Gasteiger partial charge on any atom is 0.233 e. The molecule has 31 heavy (non-hydrogen) atoms. The summed E-state index contributed by atoms with van der Waals surface area (Å²) >= 11 is 0. The molecule has 3 heterocycles. The molecule has 0 atom stereocenters. The zero-order valence-corrected chi connectivity index (χ0v) is 18.6. The van der Waals surface area contributed by atoms with Crippen molar-refractivity contribution in [3.8, 4) is 17.3 Å². The number of nitrogens with one attached hydrogen (secondary N) is 1. The van der Waals surface area contributed by atoms with E-state index in [9.17, 15) is 8.42 Å². The van der Waals surface area contributed by atoms with Crippen molar-refractivity contribution in [2.75, 3.05) is 24.7 Å². The van der Waals surface area contributed by atoms with Gasteiger partial charge in [-0.05, 0) is 55.2 Å². The molecule has 0 unspecified atom stereocenters. The molecule has 0 fully saturated rings. The zero-order valence-electron chi connectivity index (χ0n) is 17.8. The largest absolute Gasteiger partial charge is 0.480 e. The van der Waals surface area contributed by atoms with Crippen LogP contribution in [0.15, 0.2) is 42.5 Å². The summed E-state index contributed by atoms with van der Waals surface area (Å²) in [6, 6.07) is 13.4. The summed E-state index contributed by atoms with van der Waals surface area (Å²) in [5.41, 5.74) is 5.47. The zero-order chi connectivity index (χ0) is 22.0. The number of aryl methyl sites for hydroxylation is 1. The van der Waals surface area contributed by atoms with Crippen LogP contribution >= 0.6 is 0 Å². The number of rotatable bonds is 6. The molecular formula is C22H25N5O3S. The van der Waals surface area contributed by atoms with Gasteiger partial charge in [0.25, 0.3) is 0 Å². The molecule has 1 N–H and O–H groups in total. The summed E-state index contributed by atoms with van der Waals surface area (Å²) < 4.78 is 31.2. The second-order valence-electron chi connectivity index (χ2n) is 7.38. The normalized spacial score (nSPS) is 14.2. The van der Waals surface area contributed by atoms with Gasteiger partial charge < -0.3 is 10.1 Å². The summed E-state index contributed by atoms with van der Waals surface area (Å²) in [5, 5.41) is 11.7. The van der Waals surface area contributed by atoms with E-state index in [1.165, 1.54) is 0 Å². The first-order valence-electron chi connectivity index (χ1n) is 10.1. The first-order valence-corrected chi connectivity index (χ1v) is 11.7. The van der Waals surface area contributed by atoms with Crippen molar-refractivity contribution in [1.29, 1.82) is 0 Å². The highest BCUT2D eigenvalue weighted by atomic mass is 32.2. The molecule has 0 radical (unpaired) electrons. The Morgan fingerprint density at radius 3 is 2.68 bits per heavy atom. The predicted octanol–water partition coefficient (Wildman–Crippen LogP) is 3.31. The van der Waals surface area contributed by atoms with E-state index in [2.05, 4.69) is 15.5 Å². The predicted molar refractivity (Wildman–Crippen MR) is 120 cm³/mol. The van der Waals surface area contributed by atoms with Gasteiger partial charge in [-0.15, -0.1) is 10.2 Å². The Kier molecular flexibility index (Phi) is 5.88. The van der Waals surface area contributed by atoms with Crippen LogP contribution in [-0.4, -0.2) is 47.3 Å². The van der Waals surface area contributed by atoms with Crippen molar-refractivity contribution >= 4 is 21.5 Å². The Balaban J connectivity index is 1.61. The molecule has 2 aromatic heterocycles. The first kappa shape index (κ1) is 21.2. The van der Waals surface area contributed by atoms with Crippen molar-refractivity contribution in [1.82, 2.24) is 19.5 Å². The third-order valence-corrected chi connectivity index (χ3v) is 7.27. The number of fused-ring (bicyclic) bond motifs is 1. The first-order chi connectivity index (χ1) is 14.9. The molecule has 8 nitrogen and oxygen atoms in total. The van der Waals surface area contributed by atoms with Gasteiger partial charge >= 0.3 is 0 Å². The Morgan fingerprint density at radius 2 is 1.97 bits per heavy atom. The summed E-state index contributed by atoms with van der Waals surface area (Å²) in [7, 11) is -1.65. The van der Waals surface area contributed by atoms with E-state index < -0.39 is 10.0 Å². The van der Waals surface area contributed by atoms with Crippen LogP contribution < -0.4 is 10.1 Å². The second-order valence-corrected chi connectivity index (χ2v) is 9.63. The van der Waals surface area contributed by atoms with E-state index in [1.54, 1.807) is 24.4 Å². The second kappa shape index (κ2) is 8.60. The maximum atomic E-state index is 12.3. The van der Waals surface area contributed by atoms with Crippen LogP contribution in [0.2, 0.25) is 0 Å². The molecule has 9 heteroatoms. The van der Waals surface area contributed by atoms with Gasteiger partial charge in [0.15, 0.2) is 0 Å². The lowest BCUT2D eigenvalue weighted by molar-refractivity contribution is 0.392. The number of ether oxygens (including phenoxy) is 1. The molecule has 1 aliphatic rings. The van der Waals surface area contributed by atoms with Crippen LogP contribution in [-0.2, 0) is 23.0 Å². The molecule has 0 saturated carbocycles. The topological polar surface area (TPSA) is 97.3 Å². The lowest BCUT2D eigenvalue weighted by atomic mass is 9.99. The van der Waals surface area contributed by atoms with Crippen LogP contribution in [0.5, 0.6) is 5.88 Å². The van der Waals surface area contributed by atoms with Gasteiger partial charge in [0, 0.05) is 24.8 Å². The van der Waals surface area contributed by atoms with Gasteiger partial charge in [-0.1, -0.05) is 18.2 Å². The molecule has 1 aromatic carbocycles. The highest BCUT2D eigenvalue weighted by molar-refractivity contribution is 7.89. The van der Waals surface area contributed by atoms with Crippen molar-refractivity contribution in [3.05, 3.63) is 59.2 Å². The molecule has 0 amide bonds. The van der Waals surface area contributed by atoms with Crippen LogP contribution in [0.4, 0.5) is 11.5 Å². The number of pyridine rings is 1. The molecule has 4 rings (SSSR count). The standard InChI is InChI=1S/C22H25N5O3S/c1-4-31(28,29)27-13-12-17-16(14-27)6-5-7-18(17)23-20-10-8-15(2)22(24-20)19-9-11-21(30-3)26-25-19/h5-11H,4,12-14H2,1-3H3,(H,23,24). The minimum Gasteiger partial charge on any atom is -0.480 e. The van der Waals surface area contributed by atoms with Crippen molar-refractivity contribution in [2.45, 2.75) is 26.8 Å². The molecule has 0 bridgehead atoms. The molecule has 0 aliphatic carbocycles. The Labute approximate surface area is 182 Å². The van der Waals surface area contributed by atoms with Crippen LogP contribution in [0, 0.1) is 6.92 Å². The van der Waals surface area contributed by atoms with Crippen LogP contribution in [0.1, 0.15) is 23.6 Å². The van der Waals surface area contributed by atoms with Crippen LogP contribution in [0.3, 0.4) is 0 Å². The fraction of sp³-hybridized carbons (Fsp3) is 0.318. The highest BCUT2D eigenvalue weighted by Crippen LogP contribution is 2.30. The van der Waals surface area contributed by atoms with Gasteiger partial charge in [0.1, 0.15) is 11.5 Å². The van der Waals surface area contributed by atoms with Gasteiger partial charge in [-0.2, -0.15) is 4.31 Å². The number of benzene rings is 1. The fourth-order valence-corrected chi connectivity index (χ4v) is 4.74. The van der Waals surface area contributed by atoms with E-state index in [0.717, 1.165) is 28.1 Å². The summed E-state index contributed by atoms with van der Waals surface area (Å²) in [6.45, 7) is 4.53. The minimum atomic E-state index is -3.20. The number of hydrogen-bond acceptors (Lipinski definition) is 7. The smallest absolute Gasteiger partial charge is 0.233 e. The molecule has 0 saturated heterocycles. The summed E-state index contributed by atoms with van der Waals surface area (Å²) in [6.07, 6.45) is 0.653. The van der Waals surface area contributed by atoms with Gasteiger partial charge in [-0.25, -0.2) is 13.4 Å². The quantitative estimate of drug-likeness (QED) is 0.629. The lowest BCUT2D eigenvalue weighted by Gasteiger charge is -2.29. The average Bonchev–Trinajstić information content (AvgIpc) is 2.80. The van der Waals surface area contributed by atoms with Gasteiger partial charge in [0.2, 0.25) is 15.9 Å². The summed E-state index contributed by atoms with van der Waals surface area (Å²) in [5.74, 6) is 1.26. The van der Waals surface area contributed by atoms with Gasteiger partial charge in [-0.3, -0.25) is 0 Å². The SMILES string of the molecule is CCS(=O)(=O)N1CCc2c(cccc2Nc2ccc(C)c(-c3ccc(OC)nn3)n2)C1. The molecule has 162 valence electrons. The van der Waals surface area contributed by atoms with E-state index in [-0.39, 0.29) is 5.75 Å². The Morgan fingerprint density at radius 1 is 1.13 bits per heavy atom. The Bertz CT molecular complexity index is 1200. The third kappa shape index (κ3) is 4.38. The molecule has 3 aromatic rings. The number of hydrogen-bond donors (Lipinski definition) is 1. The number of nitrogens with zero attached hydrogens (tertiary/aromatic N) is 4. The number of methoxy groups -OCH3 is 1. The van der Waals surface area contributed by atoms with Gasteiger partial charge in [0.05, 0.1) is 18.6 Å². The maximum absolute atomic E-state index is 12.3. The number of aromatic nitrogens is 3. The van der Waals surface area contributed by atoms with E-state index in [4.69, 9.17) is 9.72 Å². The van der Waals surface area contributed by atoms with Crippen LogP contribution in [0.25, 0.3) is 11.4 Å². The van der Waals surface area contributed by atoms with Crippen molar-refractivity contribution in [3.63, 3.8) is 0 Å². The lowest BCUT2D eigenvalue weighted by Crippen LogP contribution is -2.37. The van der Waals surface area contributed by atoms with E-state index in [1.807, 2.05) is 43.3 Å². The fourth-order valence-electron chi connectivity index (χ4n) is 3.67. The molecular weight excluding hydrogens is 414 g/mol. The third-order valence-electron chi connectivity index (χ3n) is 5.44. The van der Waals surface area contributed by atoms with E-state index >= 15 is 0 Å². The molecule has 0 spiro atoms. The highest BCUT2D eigenvalue weighted by Gasteiger charge is 2.26. The number of anilines is 2. The Hall–Kier alpha value is -3.04. The van der Waals surface area contributed by atoms with Crippen molar-refractivity contribution in [2.24, 2.45) is 0 Å². The summed E-state index contributed by atoms with van der Waals surface area (Å²) in [4.78, 5) is 4.75. The monoisotopic (exact) mass is 439 g/mol. The van der Waals surface area contributed by atoms with E-state index in [0.29, 0.717) is 36.9 Å². The minimum absolute atomic E-state index is 0.116. The molecule has 1 aliphatic heterocycles.